The largest absolute Gasteiger partial charge is 0.484 e. The minimum Gasteiger partial charge on any atom is -0.484 e. The topological polar surface area (TPSA) is 68.5 Å². The second-order valence-electron chi connectivity index (χ2n) is 8.82. The SMILES string of the molecule is CC(C)c1cc(=O)oc2cc(OCC(=O)N[C@@H](C)[C@@H]3C[C@H]4CC[C@H]3C4)ccc12. The normalized spacial score (nSPS) is 24.6. The van der Waals surface area contributed by atoms with Gasteiger partial charge in [-0.25, -0.2) is 4.79 Å². The average Bonchev–Trinajstić information content (AvgIpc) is 3.28. The van der Waals surface area contributed by atoms with Crippen LogP contribution in [0.5, 0.6) is 5.75 Å². The predicted molar refractivity (Wildman–Crippen MR) is 109 cm³/mol. The molecular weight excluding hydrogens is 354 g/mol. The summed E-state index contributed by atoms with van der Waals surface area (Å²) in [7, 11) is 0. The molecule has 28 heavy (non-hydrogen) atoms. The van der Waals surface area contributed by atoms with Gasteiger partial charge in [0.15, 0.2) is 6.61 Å². The first kappa shape index (κ1) is 19.0. The fraction of sp³-hybridized carbons (Fsp3) is 0.565. The zero-order chi connectivity index (χ0) is 19.8. The van der Waals surface area contributed by atoms with Crippen LogP contribution in [-0.4, -0.2) is 18.6 Å². The van der Waals surface area contributed by atoms with Crippen molar-refractivity contribution in [2.45, 2.75) is 58.4 Å². The fourth-order valence-electron chi connectivity index (χ4n) is 5.19. The molecule has 2 aromatic rings. The van der Waals surface area contributed by atoms with Crippen LogP contribution < -0.4 is 15.7 Å². The summed E-state index contributed by atoms with van der Waals surface area (Å²) in [6.45, 7) is 6.16. The van der Waals surface area contributed by atoms with Crippen molar-refractivity contribution < 1.29 is 13.9 Å². The summed E-state index contributed by atoms with van der Waals surface area (Å²) in [5, 5.41) is 4.01. The van der Waals surface area contributed by atoms with Crippen molar-refractivity contribution in [1.29, 1.82) is 0 Å². The summed E-state index contributed by atoms with van der Waals surface area (Å²) < 4.78 is 11.0. The maximum atomic E-state index is 12.3. The van der Waals surface area contributed by atoms with Gasteiger partial charge in [0.05, 0.1) is 0 Å². The number of carbonyl (C=O) groups is 1. The van der Waals surface area contributed by atoms with E-state index < -0.39 is 0 Å². The van der Waals surface area contributed by atoms with Gasteiger partial charge in [0.25, 0.3) is 5.91 Å². The molecule has 2 aliphatic rings. The third-order valence-electron chi connectivity index (χ3n) is 6.56. The standard InChI is InChI=1S/C23H29NO4/c1-13(2)19-11-23(26)28-21-10-17(6-7-18(19)21)27-12-22(25)24-14(3)20-9-15-4-5-16(20)8-15/h6-7,10-11,13-16,20H,4-5,8-9,12H2,1-3H3,(H,24,25)/t14-,15-,16-,20-/m0/s1. The molecule has 0 unspecified atom stereocenters. The molecule has 1 aromatic carbocycles. The van der Waals surface area contributed by atoms with E-state index in [4.69, 9.17) is 9.15 Å². The molecule has 4 atom stereocenters. The van der Waals surface area contributed by atoms with Crippen LogP contribution in [0.3, 0.4) is 0 Å². The van der Waals surface area contributed by atoms with Crippen LogP contribution in [0.4, 0.5) is 0 Å². The van der Waals surface area contributed by atoms with Crippen molar-refractivity contribution in [3.63, 3.8) is 0 Å². The average molecular weight is 383 g/mol. The van der Waals surface area contributed by atoms with Gasteiger partial charge in [-0.15, -0.1) is 0 Å². The molecule has 2 bridgehead atoms. The lowest BCUT2D eigenvalue weighted by atomic mass is 9.84. The predicted octanol–water partition coefficient (Wildman–Crippen LogP) is 4.24. The lowest BCUT2D eigenvalue weighted by Gasteiger charge is -2.28. The quantitative estimate of drug-likeness (QED) is 0.758. The highest BCUT2D eigenvalue weighted by Gasteiger charge is 2.42. The molecule has 4 rings (SSSR count). The van der Waals surface area contributed by atoms with Crippen molar-refractivity contribution >= 4 is 16.9 Å². The number of fused-ring (bicyclic) bond motifs is 3. The third-order valence-corrected chi connectivity index (χ3v) is 6.56. The van der Waals surface area contributed by atoms with E-state index in [1.54, 1.807) is 6.07 Å². The highest BCUT2D eigenvalue weighted by atomic mass is 16.5. The second-order valence-corrected chi connectivity index (χ2v) is 8.82. The first-order valence-electron chi connectivity index (χ1n) is 10.4. The van der Waals surface area contributed by atoms with Gasteiger partial charge in [0, 0.05) is 23.6 Å². The molecule has 1 amide bonds. The summed E-state index contributed by atoms with van der Waals surface area (Å²) in [5.74, 6) is 2.89. The molecule has 0 aliphatic heterocycles. The Balaban J connectivity index is 1.38. The molecule has 2 fully saturated rings. The van der Waals surface area contributed by atoms with Gasteiger partial charge >= 0.3 is 5.63 Å². The van der Waals surface area contributed by atoms with E-state index >= 15 is 0 Å². The van der Waals surface area contributed by atoms with Crippen molar-refractivity contribution in [3.8, 4) is 5.75 Å². The van der Waals surface area contributed by atoms with E-state index in [-0.39, 0.29) is 30.1 Å². The Morgan fingerprint density at radius 1 is 1.21 bits per heavy atom. The Morgan fingerprint density at radius 2 is 2.04 bits per heavy atom. The highest BCUT2D eigenvalue weighted by Crippen LogP contribution is 2.49. The number of ether oxygens (including phenoxy) is 1. The van der Waals surface area contributed by atoms with E-state index in [0.29, 0.717) is 17.3 Å². The van der Waals surface area contributed by atoms with Crippen LogP contribution in [0.25, 0.3) is 11.0 Å². The maximum Gasteiger partial charge on any atom is 0.336 e. The lowest BCUT2D eigenvalue weighted by molar-refractivity contribution is -0.124. The molecule has 5 nitrogen and oxygen atoms in total. The summed E-state index contributed by atoms with van der Waals surface area (Å²) in [6.07, 6.45) is 5.26. The van der Waals surface area contributed by atoms with Gasteiger partial charge in [-0.05, 0) is 67.6 Å². The van der Waals surface area contributed by atoms with E-state index in [1.165, 1.54) is 31.7 Å². The number of benzene rings is 1. The molecule has 1 aromatic heterocycles. The highest BCUT2D eigenvalue weighted by molar-refractivity contribution is 5.82. The smallest absolute Gasteiger partial charge is 0.336 e. The van der Waals surface area contributed by atoms with E-state index in [1.807, 2.05) is 26.0 Å². The minimum atomic E-state index is -0.370. The Labute approximate surface area is 165 Å². The van der Waals surface area contributed by atoms with E-state index in [0.717, 1.165) is 22.8 Å². The number of rotatable bonds is 6. The zero-order valence-electron chi connectivity index (χ0n) is 16.9. The van der Waals surface area contributed by atoms with Crippen LogP contribution in [0.2, 0.25) is 0 Å². The molecule has 1 heterocycles. The van der Waals surface area contributed by atoms with Gasteiger partial charge in [-0.3, -0.25) is 4.79 Å². The Bertz CT molecular complexity index is 932. The first-order chi connectivity index (χ1) is 13.4. The number of carbonyl (C=O) groups excluding carboxylic acids is 1. The van der Waals surface area contributed by atoms with Gasteiger partial charge in [-0.2, -0.15) is 0 Å². The molecule has 1 N–H and O–H groups in total. The van der Waals surface area contributed by atoms with Crippen molar-refractivity contribution in [2.24, 2.45) is 17.8 Å². The lowest BCUT2D eigenvalue weighted by Crippen LogP contribution is -2.42. The Morgan fingerprint density at radius 3 is 2.71 bits per heavy atom. The van der Waals surface area contributed by atoms with Gasteiger partial charge in [0.1, 0.15) is 11.3 Å². The van der Waals surface area contributed by atoms with Gasteiger partial charge < -0.3 is 14.5 Å². The van der Waals surface area contributed by atoms with Crippen LogP contribution in [0.15, 0.2) is 33.5 Å². The Hall–Kier alpha value is -2.30. The van der Waals surface area contributed by atoms with Crippen LogP contribution in [-0.2, 0) is 4.79 Å². The van der Waals surface area contributed by atoms with Crippen molar-refractivity contribution in [3.05, 3.63) is 40.2 Å². The van der Waals surface area contributed by atoms with E-state index in [2.05, 4.69) is 12.2 Å². The van der Waals surface area contributed by atoms with Crippen molar-refractivity contribution in [2.75, 3.05) is 6.61 Å². The molecule has 0 saturated heterocycles. The van der Waals surface area contributed by atoms with Crippen LogP contribution >= 0.6 is 0 Å². The molecule has 5 heteroatoms. The summed E-state index contributed by atoms with van der Waals surface area (Å²) in [6, 6.07) is 7.13. The molecule has 2 saturated carbocycles. The zero-order valence-corrected chi connectivity index (χ0v) is 16.9. The van der Waals surface area contributed by atoms with Crippen molar-refractivity contribution in [1.82, 2.24) is 5.32 Å². The first-order valence-corrected chi connectivity index (χ1v) is 10.4. The van der Waals surface area contributed by atoms with Crippen LogP contribution in [0, 0.1) is 17.8 Å². The van der Waals surface area contributed by atoms with Crippen LogP contribution in [0.1, 0.15) is 57.9 Å². The molecule has 150 valence electrons. The summed E-state index contributed by atoms with van der Waals surface area (Å²) in [4.78, 5) is 24.2. The van der Waals surface area contributed by atoms with Gasteiger partial charge in [-0.1, -0.05) is 20.3 Å². The van der Waals surface area contributed by atoms with E-state index in [9.17, 15) is 9.59 Å². The number of amides is 1. The minimum absolute atomic E-state index is 0.0369. The number of hydrogen-bond donors (Lipinski definition) is 1. The molecule has 0 spiro atoms. The van der Waals surface area contributed by atoms with Gasteiger partial charge in [0.2, 0.25) is 0 Å². The summed E-state index contributed by atoms with van der Waals surface area (Å²) >= 11 is 0. The molecule has 2 aliphatic carbocycles. The number of nitrogens with one attached hydrogen (secondary N) is 1. The Kier molecular flexibility index (Phi) is 5.17. The number of hydrogen-bond acceptors (Lipinski definition) is 4. The molecular formula is C23H29NO4. The fourth-order valence-corrected chi connectivity index (χ4v) is 5.19. The third kappa shape index (κ3) is 3.80. The summed E-state index contributed by atoms with van der Waals surface area (Å²) in [5.41, 5.74) is 1.07. The maximum absolute atomic E-state index is 12.3. The second kappa shape index (κ2) is 7.61. The monoisotopic (exact) mass is 383 g/mol. The molecule has 0 radical (unpaired) electrons.